The molecule has 0 spiro atoms. The fourth-order valence-corrected chi connectivity index (χ4v) is 1.65. The molecule has 0 heterocycles. The van der Waals surface area contributed by atoms with Gasteiger partial charge in [0.1, 0.15) is 5.78 Å². The average molecular weight is 316 g/mol. The predicted octanol–water partition coefficient (Wildman–Crippen LogP) is -0.846. The van der Waals surface area contributed by atoms with Crippen LogP contribution >= 0.6 is 0 Å². The lowest BCUT2D eigenvalue weighted by Crippen LogP contribution is -2.37. The molecule has 2 amide bonds. The van der Waals surface area contributed by atoms with E-state index in [1.807, 2.05) is 0 Å². The molecular formula is C13H20N2O7. The second-order valence-corrected chi connectivity index (χ2v) is 4.74. The summed E-state index contributed by atoms with van der Waals surface area (Å²) in [7, 11) is 0. The fourth-order valence-electron chi connectivity index (χ4n) is 1.65. The zero-order chi connectivity index (χ0) is 17.1. The van der Waals surface area contributed by atoms with Crippen LogP contribution in [0.25, 0.3) is 0 Å². The van der Waals surface area contributed by atoms with E-state index in [1.165, 1.54) is 6.92 Å². The maximum atomic E-state index is 11.8. The van der Waals surface area contributed by atoms with Gasteiger partial charge in [0, 0.05) is 25.9 Å². The van der Waals surface area contributed by atoms with Gasteiger partial charge in [0.15, 0.2) is 0 Å². The largest absolute Gasteiger partial charge is 0.481 e. The van der Waals surface area contributed by atoms with Crippen LogP contribution in [0.5, 0.6) is 0 Å². The van der Waals surface area contributed by atoms with Crippen molar-refractivity contribution in [3.05, 3.63) is 0 Å². The quantitative estimate of drug-likeness (QED) is 0.388. The Balaban J connectivity index is 4.39. The van der Waals surface area contributed by atoms with Crippen LogP contribution in [0.1, 0.15) is 32.6 Å². The van der Waals surface area contributed by atoms with Crippen molar-refractivity contribution in [2.24, 2.45) is 5.92 Å². The Labute approximate surface area is 127 Å². The number of rotatable bonds is 11. The zero-order valence-electron chi connectivity index (χ0n) is 12.3. The first-order chi connectivity index (χ1) is 10.2. The maximum absolute atomic E-state index is 11.8. The summed E-state index contributed by atoms with van der Waals surface area (Å²) >= 11 is 0. The third kappa shape index (κ3) is 10.4. The summed E-state index contributed by atoms with van der Waals surface area (Å²) < 4.78 is 0. The van der Waals surface area contributed by atoms with Gasteiger partial charge in [-0.2, -0.15) is 0 Å². The van der Waals surface area contributed by atoms with Gasteiger partial charge in [-0.3, -0.25) is 19.2 Å². The smallest absolute Gasteiger partial charge is 0.305 e. The number of carboxylic acid groups (broad SMARTS) is 2. The molecule has 9 nitrogen and oxygen atoms in total. The minimum absolute atomic E-state index is 0.0679. The molecule has 0 saturated carbocycles. The second kappa shape index (κ2) is 10.3. The van der Waals surface area contributed by atoms with Gasteiger partial charge in [-0.1, -0.05) is 0 Å². The highest BCUT2D eigenvalue weighted by molar-refractivity contribution is 5.90. The van der Waals surface area contributed by atoms with Gasteiger partial charge in [0.25, 0.3) is 0 Å². The molecule has 4 N–H and O–H groups in total. The van der Waals surface area contributed by atoms with Crippen molar-refractivity contribution in [2.45, 2.75) is 32.6 Å². The van der Waals surface area contributed by atoms with Gasteiger partial charge >= 0.3 is 11.9 Å². The van der Waals surface area contributed by atoms with Crippen molar-refractivity contribution in [3.8, 4) is 0 Å². The molecule has 124 valence electrons. The van der Waals surface area contributed by atoms with Crippen LogP contribution in [0.15, 0.2) is 0 Å². The third-order valence-corrected chi connectivity index (χ3v) is 2.64. The molecule has 0 aromatic carbocycles. The Morgan fingerprint density at radius 2 is 1.36 bits per heavy atom. The van der Waals surface area contributed by atoms with Crippen LogP contribution in [0.4, 0.5) is 0 Å². The van der Waals surface area contributed by atoms with Gasteiger partial charge in [0.05, 0.1) is 18.8 Å². The maximum Gasteiger partial charge on any atom is 0.305 e. The van der Waals surface area contributed by atoms with E-state index in [9.17, 15) is 24.0 Å². The van der Waals surface area contributed by atoms with Gasteiger partial charge in [-0.25, -0.2) is 0 Å². The molecule has 0 aromatic rings. The average Bonchev–Trinajstić information content (AvgIpc) is 2.36. The molecule has 0 aliphatic carbocycles. The Hall–Kier alpha value is -2.45. The molecule has 0 bridgehead atoms. The predicted molar refractivity (Wildman–Crippen MR) is 73.9 cm³/mol. The minimum Gasteiger partial charge on any atom is -0.481 e. The Bertz CT molecular complexity index is 448. The summed E-state index contributed by atoms with van der Waals surface area (Å²) in [5.41, 5.74) is 0. The van der Waals surface area contributed by atoms with Gasteiger partial charge in [-0.05, 0) is 6.92 Å². The molecule has 0 aliphatic heterocycles. The van der Waals surface area contributed by atoms with Crippen molar-refractivity contribution in [2.75, 3.05) is 13.1 Å². The number of carbonyl (C=O) groups is 5. The van der Waals surface area contributed by atoms with E-state index in [2.05, 4.69) is 10.6 Å². The normalized spacial score (nSPS) is 11.3. The highest BCUT2D eigenvalue weighted by Gasteiger charge is 2.23. The number of ketones is 1. The monoisotopic (exact) mass is 316 g/mol. The molecule has 0 saturated heterocycles. The highest BCUT2D eigenvalue weighted by Crippen LogP contribution is 2.10. The number of carbonyl (C=O) groups excluding carboxylic acids is 3. The summed E-state index contributed by atoms with van der Waals surface area (Å²) in [6.45, 7) is 1.12. The first-order valence-corrected chi connectivity index (χ1v) is 6.69. The van der Waals surface area contributed by atoms with E-state index in [-0.39, 0.29) is 44.6 Å². The molecule has 1 atom stereocenters. The van der Waals surface area contributed by atoms with Crippen molar-refractivity contribution in [1.29, 1.82) is 0 Å². The van der Waals surface area contributed by atoms with Gasteiger partial charge in [0.2, 0.25) is 11.8 Å². The number of Topliss-reactive ketones (excluding diaryl/α,β-unsaturated/α-hetero) is 1. The van der Waals surface area contributed by atoms with Crippen LogP contribution in [-0.4, -0.2) is 52.8 Å². The Morgan fingerprint density at radius 3 is 1.82 bits per heavy atom. The van der Waals surface area contributed by atoms with Crippen LogP contribution in [-0.2, 0) is 24.0 Å². The van der Waals surface area contributed by atoms with E-state index in [4.69, 9.17) is 10.2 Å². The Kier molecular flexibility index (Phi) is 9.15. The number of carboxylic acids is 2. The summed E-state index contributed by atoms with van der Waals surface area (Å²) in [6.07, 6.45) is -0.916. The van der Waals surface area contributed by atoms with E-state index < -0.39 is 29.7 Å². The van der Waals surface area contributed by atoms with Crippen LogP contribution in [0.3, 0.4) is 0 Å². The molecule has 0 radical (unpaired) electrons. The molecule has 0 aliphatic rings. The van der Waals surface area contributed by atoms with Crippen LogP contribution in [0.2, 0.25) is 0 Å². The van der Waals surface area contributed by atoms with Crippen LogP contribution in [0, 0.1) is 5.92 Å². The topological polar surface area (TPSA) is 150 Å². The van der Waals surface area contributed by atoms with Crippen LogP contribution < -0.4 is 10.6 Å². The number of hydrogen-bond donors (Lipinski definition) is 4. The lowest BCUT2D eigenvalue weighted by atomic mass is 9.97. The fraction of sp³-hybridized carbons (Fsp3) is 0.615. The SMILES string of the molecule is CC(=O)CC(CC(=O)NCCC(=O)O)C(=O)NCCC(=O)O. The van der Waals surface area contributed by atoms with Crippen molar-refractivity contribution in [1.82, 2.24) is 10.6 Å². The lowest BCUT2D eigenvalue weighted by Gasteiger charge is -2.15. The summed E-state index contributed by atoms with van der Waals surface area (Å²) in [4.78, 5) is 55.3. The molecular weight excluding hydrogens is 296 g/mol. The third-order valence-electron chi connectivity index (χ3n) is 2.64. The van der Waals surface area contributed by atoms with E-state index >= 15 is 0 Å². The van der Waals surface area contributed by atoms with Gasteiger partial charge in [-0.15, -0.1) is 0 Å². The first-order valence-electron chi connectivity index (χ1n) is 6.69. The Morgan fingerprint density at radius 1 is 0.864 bits per heavy atom. The first kappa shape index (κ1) is 19.6. The molecule has 1 unspecified atom stereocenters. The number of aliphatic carboxylic acids is 2. The van der Waals surface area contributed by atoms with E-state index in [0.717, 1.165) is 0 Å². The molecule has 0 fully saturated rings. The van der Waals surface area contributed by atoms with Crippen molar-refractivity contribution in [3.63, 3.8) is 0 Å². The highest BCUT2D eigenvalue weighted by atomic mass is 16.4. The summed E-state index contributed by atoms with van der Waals surface area (Å²) in [6, 6.07) is 0. The lowest BCUT2D eigenvalue weighted by molar-refractivity contribution is -0.138. The molecule has 22 heavy (non-hydrogen) atoms. The molecule has 9 heteroatoms. The number of nitrogens with one attached hydrogen (secondary N) is 2. The van der Waals surface area contributed by atoms with Crippen molar-refractivity contribution >= 4 is 29.5 Å². The molecule has 0 rings (SSSR count). The minimum atomic E-state index is -1.07. The van der Waals surface area contributed by atoms with Gasteiger partial charge < -0.3 is 25.6 Å². The van der Waals surface area contributed by atoms with Crippen molar-refractivity contribution < 1.29 is 34.2 Å². The summed E-state index contributed by atoms with van der Waals surface area (Å²) in [5, 5.41) is 21.6. The van der Waals surface area contributed by atoms with E-state index in [1.54, 1.807) is 0 Å². The van der Waals surface area contributed by atoms with E-state index in [0.29, 0.717) is 0 Å². The standard InChI is InChI=1S/C13H20N2O7/c1-8(16)6-9(13(22)15-5-3-12(20)21)7-10(17)14-4-2-11(18)19/h9H,2-7H2,1H3,(H,14,17)(H,15,22)(H,18,19)(H,20,21). The number of amides is 2. The zero-order valence-corrected chi connectivity index (χ0v) is 12.3. The summed E-state index contributed by atoms with van der Waals surface area (Å²) in [5.74, 6) is -4.44. The molecule has 0 aromatic heterocycles. The number of hydrogen-bond acceptors (Lipinski definition) is 5. The second-order valence-electron chi connectivity index (χ2n) is 4.74.